The Morgan fingerprint density at radius 2 is 1.90 bits per heavy atom. The number of nitrogens with zero attached hydrogens (tertiary/aromatic N) is 3. The standard InChI is InChI=1S/C19H26ClN5O3S/c1-14-23-18(13-19(24-14)25-10-4-3-5-11-25)21-8-9-22-29(26,27)17-12-15(20)6-7-16(17)28-2/h6-7,12-13,22H,3-5,8-11H2,1-2H3,(H,21,23,24). The Balaban J connectivity index is 1.60. The number of methoxy groups -OCH3 is 1. The van der Waals surface area contributed by atoms with Gasteiger partial charge in [-0.15, -0.1) is 0 Å². The maximum atomic E-state index is 12.6. The highest BCUT2D eigenvalue weighted by Crippen LogP contribution is 2.26. The van der Waals surface area contributed by atoms with Crippen LogP contribution in [0.4, 0.5) is 11.6 Å². The van der Waals surface area contributed by atoms with Gasteiger partial charge in [-0.25, -0.2) is 23.1 Å². The van der Waals surface area contributed by atoms with Gasteiger partial charge < -0.3 is 15.0 Å². The average molecular weight is 440 g/mol. The Morgan fingerprint density at radius 3 is 2.62 bits per heavy atom. The molecule has 0 aliphatic carbocycles. The summed E-state index contributed by atoms with van der Waals surface area (Å²) in [4.78, 5) is 11.2. The predicted molar refractivity (Wildman–Crippen MR) is 115 cm³/mol. The first-order valence-corrected chi connectivity index (χ1v) is 11.4. The average Bonchev–Trinajstić information content (AvgIpc) is 2.71. The molecule has 1 aromatic carbocycles. The Morgan fingerprint density at radius 1 is 1.14 bits per heavy atom. The molecular formula is C19H26ClN5O3S. The van der Waals surface area contributed by atoms with Crippen molar-refractivity contribution in [3.05, 3.63) is 35.1 Å². The summed E-state index contributed by atoms with van der Waals surface area (Å²) in [5, 5.41) is 3.49. The van der Waals surface area contributed by atoms with Crippen LogP contribution in [-0.4, -0.2) is 51.7 Å². The van der Waals surface area contributed by atoms with Crippen molar-refractivity contribution in [2.45, 2.75) is 31.1 Å². The molecule has 0 amide bonds. The van der Waals surface area contributed by atoms with Crippen molar-refractivity contribution >= 4 is 33.3 Å². The largest absolute Gasteiger partial charge is 0.495 e. The third-order valence-electron chi connectivity index (χ3n) is 4.64. The van der Waals surface area contributed by atoms with E-state index < -0.39 is 10.0 Å². The fourth-order valence-corrected chi connectivity index (χ4v) is 4.70. The summed E-state index contributed by atoms with van der Waals surface area (Å²) < 4.78 is 32.8. The van der Waals surface area contributed by atoms with Crippen molar-refractivity contribution in [1.29, 1.82) is 0 Å². The van der Waals surface area contributed by atoms with E-state index in [-0.39, 0.29) is 17.2 Å². The normalized spacial score (nSPS) is 14.7. The molecular weight excluding hydrogens is 414 g/mol. The number of piperidine rings is 1. The molecule has 3 rings (SSSR count). The zero-order valence-corrected chi connectivity index (χ0v) is 18.2. The van der Waals surface area contributed by atoms with Gasteiger partial charge >= 0.3 is 0 Å². The number of ether oxygens (including phenoxy) is 1. The number of nitrogens with one attached hydrogen (secondary N) is 2. The minimum Gasteiger partial charge on any atom is -0.495 e. The first-order chi connectivity index (χ1) is 13.9. The van der Waals surface area contributed by atoms with E-state index >= 15 is 0 Å². The van der Waals surface area contributed by atoms with Crippen LogP contribution in [0.2, 0.25) is 5.02 Å². The SMILES string of the molecule is COc1ccc(Cl)cc1S(=O)(=O)NCCNc1cc(N2CCCCC2)nc(C)n1. The number of anilines is 2. The lowest BCUT2D eigenvalue weighted by molar-refractivity contribution is 0.402. The first-order valence-electron chi connectivity index (χ1n) is 9.57. The van der Waals surface area contributed by atoms with Crippen LogP contribution in [0, 0.1) is 6.92 Å². The topological polar surface area (TPSA) is 96.5 Å². The van der Waals surface area contributed by atoms with Gasteiger partial charge in [0.2, 0.25) is 10.0 Å². The monoisotopic (exact) mass is 439 g/mol. The fraction of sp³-hybridized carbons (Fsp3) is 0.474. The van der Waals surface area contributed by atoms with Crippen molar-refractivity contribution < 1.29 is 13.2 Å². The Kier molecular flexibility index (Phi) is 7.15. The third-order valence-corrected chi connectivity index (χ3v) is 6.36. The molecule has 1 saturated heterocycles. The van der Waals surface area contributed by atoms with Crippen molar-refractivity contribution in [2.24, 2.45) is 0 Å². The van der Waals surface area contributed by atoms with Gasteiger partial charge in [0.25, 0.3) is 0 Å². The van der Waals surface area contributed by atoms with E-state index in [4.69, 9.17) is 16.3 Å². The third kappa shape index (κ3) is 5.71. The van der Waals surface area contributed by atoms with Gasteiger partial charge in [0.05, 0.1) is 7.11 Å². The van der Waals surface area contributed by atoms with Gasteiger partial charge in [0.1, 0.15) is 28.1 Å². The molecule has 2 N–H and O–H groups in total. The zero-order valence-electron chi connectivity index (χ0n) is 16.6. The lowest BCUT2D eigenvalue weighted by Gasteiger charge is -2.28. The van der Waals surface area contributed by atoms with Crippen molar-refractivity contribution in [3.8, 4) is 5.75 Å². The van der Waals surface area contributed by atoms with Crippen LogP contribution in [0.3, 0.4) is 0 Å². The second-order valence-corrected chi connectivity index (χ2v) is 9.00. The summed E-state index contributed by atoms with van der Waals surface area (Å²) in [7, 11) is -2.34. The quantitative estimate of drug-likeness (QED) is 0.610. The van der Waals surface area contributed by atoms with E-state index in [1.165, 1.54) is 38.5 Å². The van der Waals surface area contributed by atoms with Crippen LogP contribution >= 0.6 is 11.6 Å². The first kappa shape index (κ1) is 21.6. The van der Waals surface area contributed by atoms with Crippen LogP contribution in [0.25, 0.3) is 0 Å². The van der Waals surface area contributed by atoms with Crippen LogP contribution in [0.5, 0.6) is 5.75 Å². The van der Waals surface area contributed by atoms with Crippen LogP contribution in [0.1, 0.15) is 25.1 Å². The number of benzene rings is 1. The Labute approximate surface area is 176 Å². The molecule has 0 unspecified atom stereocenters. The molecule has 8 nitrogen and oxygen atoms in total. The molecule has 1 aliphatic rings. The molecule has 1 aliphatic heterocycles. The fourth-order valence-electron chi connectivity index (χ4n) is 3.24. The Bertz CT molecular complexity index is 949. The molecule has 29 heavy (non-hydrogen) atoms. The van der Waals surface area contributed by atoms with E-state index in [0.29, 0.717) is 23.2 Å². The van der Waals surface area contributed by atoms with E-state index in [9.17, 15) is 8.42 Å². The zero-order chi connectivity index (χ0) is 20.9. The number of rotatable bonds is 8. The lowest BCUT2D eigenvalue weighted by Crippen LogP contribution is -2.31. The second-order valence-electron chi connectivity index (χ2n) is 6.83. The molecule has 0 atom stereocenters. The smallest absolute Gasteiger partial charge is 0.244 e. The molecule has 10 heteroatoms. The van der Waals surface area contributed by atoms with Gasteiger partial charge in [-0.1, -0.05) is 11.6 Å². The van der Waals surface area contributed by atoms with E-state index in [1.54, 1.807) is 6.07 Å². The van der Waals surface area contributed by atoms with E-state index in [2.05, 4.69) is 24.9 Å². The maximum Gasteiger partial charge on any atom is 0.244 e. The molecule has 1 aromatic heterocycles. The number of halogens is 1. The lowest BCUT2D eigenvalue weighted by atomic mass is 10.1. The van der Waals surface area contributed by atoms with Gasteiger partial charge in [0, 0.05) is 37.3 Å². The van der Waals surface area contributed by atoms with Gasteiger partial charge in [-0.05, 0) is 44.4 Å². The molecule has 0 bridgehead atoms. The van der Waals surface area contributed by atoms with Crippen molar-refractivity contribution in [2.75, 3.05) is 43.5 Å². The predicted octanol–water partition coefficient (Wildman–Crippen LogP) is 2.83. The number of aryl methyl sites for hydroxylation is 1. The van der Waals surface area contributed by atoms with Crippen LogP contribution in [-0.2, 0) is 10.0 Å². The molecule has 158 valence electrons. The molecule has 0 spiro atoms. The highest BCUT2D eigenvalue weighted by molar-refractivity contribution is 7.89. The van der Waals surface area contributed by atoms with Crippen LogP contribution < -0.4 is 19.7 Å². The molecule has 1 fully saturated rings. The summed E-state index contributed by atoms with van der Waals surface area (Å²) in [6.07, 6.45) is 3.59. The minimum absolute atomic E-state index is 0.0118. The highest BCUT2D eigenvalue weighted by Gasteiger charge is 2.19. The van der Waals surface area contributed by atoms with Gasteiger partial charge in [-0.2, -0.15) is 0 Å². The molecule has 2 aromatic rings. The van der Waals surface area contributed by atoms with Crippen molar-refractivity contribution in [1.82, 2.24) is 14.7 Å². The molecule has 0 radical (unpaired) electrons. The summed E-state index contributed by atoms with van der Waals surface area (Å²) in [6, 6.07) is 6.39. The van der Waals surface area contributed by atoms with E-state index in [1.807, 2.05) is 13.0 Å². The Hall–Kier alpha value is -2.10. The number of hydrogen-bond acceptors (Lipinski definition) is 7. The van der Waals surface area contributed by atoms with Gasteiger partial charge in [-0.3, -0.25) is 0 Å². The summed E-state index contributed by atoms with van der Waals surface area (Å²) in [5.74, 6) is 2.51. The highest BCUT2D eigenvalue weighted by atomic mass is 35.5. The second kappa shape index (κ2) is 9.60. The summed E-state index contributed by atoms with van der Waals surface area (Å²) >= 11 is 5.94. The summed E-state index contributed by atoms with van der Waals surface area (Å²) in [5.41, 5.74) is 0. The number of sulfonamides is 1. The minimum atomic E-state index is -3.75. The number of hydrogen-bond donors (Lipinski definition) is 2. The maximum absolute atomic E-state index is 12.6. The van der Waals surface area contributed by atoms with Crippen molar-refractivity contribution in [3.63, 3.8) is 0 Å². The summed E-state index contributed by atoms with van der Waals surface area (Å²) in [6.45, 7) is 4.40. The van der Waals surface area contributed by atoms with Gasteiger partial charge in [0.15, 0.2) is 0 Å². The van der Waals surface area contributed by atoms with Crippen LogP contribution in [0.15, 0.2) is 29.2 Å². The number of aromatic nitrogens is 2. The van der Waals surface area contributed by atoms with E-state index in [0.717, 1.165) is 18.9 Å². The molecule has 2 heterocycles. The molecule has 0 saturated carbocycles.